The lowest BCUT2D eigenvalue weighted by atomic mass is 10.1. The Kier molecular flexibility index (Phi) is 7.20. The molecule has 1 aromatic carbocycles. The molecule has 0 aliphatic rings. The van der Waals surface area contributed by atoms with Crippen molar-refractivity contribution in [2.24, 2.45) is 0 Å². The molecule has 0 bridgehead atoms. The Morgan fingerprint density at radius 2 is 1.95 bits per heavy atom. The Hall–Kier alpha value is -0.780. The minimum Gasteiger partial charge on any atom is -0.495 e. The van der Waals surface area contributed by atoms with Crippen LogP contribution in [0.4, 0.5) is 0 Å². The molecule has 1 N–H and O–H groups in total. The zero-order valence-electron chi connectivity index (χ0n) is 12.0. The van der Waals surface area contributed by atoms with Crippen LogP contribution in [0.15, 0.2) is 16.6 Å². The first-order valence-corrected chi connectivity index (χ1v) is 7.11. The van der Waals surface area contributed by atoms with Crippen LogP contribution in [0.5, 0.6) is 11.5 Å². The van der Waals surface area contributed by atoms with E-state index in [1.54, 1.807) is 21.3 Å². The highest BCUT2D eigenvalue weighted by Crippen LogP contribution is 2.39. The van der Waals surface area contributed by atoms with Crippen molar-refractivity contribution in [3.63, 3.8) is 0 Å². The standard InChI is InChI=1S/C14H22BrNO3/c1-5-8-16-11(9-17-2)10-6-7-12(18-3)13(15)14(10)19-4/h6-7,11,16H,5,8-9H2,1-4H3. The van der Waals surface area contributed by atoms with Crippen LogP contribution in [0.1, 0.15) is 24.9 Å². The van der Waals surface area contributed by atoms with Gasteiger partial charge in [-0.3, -0.25) is 0 Å². The Morgan fingerprint density at radius 1 is 1.21 bits per heavy atom. The van der Waals surface area contributed by atoms with E-state index in [2.05, 4.69) is 28.2 Å². The molecule has 0 heterocycles. The van der Waals surface area contributed by atoms with Gasteiger partial charge < -0.3 is 19.5 Å². The van der Waals surface area contributed by atoms with Crippen molar-refractivity contribution in [1.29, 1.82) is 0 Å². The van der Waals surface area contributed by atoms with Gasteiger partial charge >= 0.3 is 0 Å². The largest absolute Gasteiger partial charge is 0.495 e. The SMILES string of the molecule is CCCNC(COC)c1ccc(OC)c(Br)c1OC. The van der Waals surface area contributed by atoms with Gasteiger partial charge in [0.05, 0.1) is 26.9 Å². The van der Waals surface area contributed by atoms with Crippen LogP contribution in [0.2, 0.25) is 0 Å². The fourth-order valence-electron chi connectivity index (χ4n) is 1.94. The van der Waals surface area contributed by atoms with Crippen LogP contribution in [0.3, 0.4) is 0 Å². The normalized spacial score (nSPS) is 12.3. The van der Waals surface area contributed by atoms with Gasteiger partial charge in [-0.15, -0.1) is 0 Å². The average molecular weight is 332 g/mol. The fourth-order valence-corrected chi connectivity index (χ4v) is 2.62. The lowest BCUT2D eigenvalue weighted by molar-refractivity contribution is 0.165. The quantitative estimate of drug-likeness (QED) is 0.794. The summed E-state index contributed by atoms with van der Waals surface area (Å²) in [7, 11) is 5.00. The van der Waals surface area contributed by atoms with E-state index < -0.39 is 0 Å². The highest BCUT2D eigenvalue weighted by Gasteiger charge is 2.19. The first-order valence-electron chi connectivity index (χ1n) is 6.32. The molecule has 0 aliphatic heterocycles. The molecular formula is C14H22BrNO3. The van der Waals surface area contributed by atoms with Gasteiger partial charge in [0.15, 0.2) is 0 Å². The molecule has 1 rings (SSSR count). The van der Waals surface area contributed by atoms with Crippen LogP contribution < -0.4 is 14.8 Å². The topological polar surface area (TPSA) is 39.7 Å². The summed E-state index contributed by atoms with van der Waals surface area (Å²) in [4.78, 5) is 0. The Morgan fingerprint density at radius 3 is 2.47 bits per heavy atom. The number of rotatable bonds is 8. The molecule has 1 aromatic rings. The predicted octanol–water partition coefficient (Wildman–Crippen LogP) is 3.15. The van der Waals surface area contributed by atoms with Gasteiger partial charge in [0.2, 0.25) is 0 Å². The maximum absolute atomic E-state index is 5.50. The molecule has 0 fully saturated rings. The zero-order chi connectivity index (χ0) is 14.3. The van der Waals surface area contributed by atoms with Crippen LogP contribution >= 0.6 is 15.9 Å². The molecule has 19 heavy (non-hydrogen) atoms. The molecule has 1 unspecified atom stereocenters. The maximum atomic E-state index is 5.50. The highest BCUT2D eigenvalue weighted by molar-refractivity contribution is 9.10. The van der Waals surface area contributed by atoms with Crippen molar-refractivity contribution in [3.05, 3.63) is 22.2 Å². The third kappa shape index (κ3) is 4.09. The van der Waals surface area contributed by atoms with E-state index in [1.165, 1.54) is 0 Å². The first-order chi connectivity index (χ1) is 9.19. The van der Waals surface area contributed by atoms with Crippen LogP contribution in [0.25, 0.3) is 0 Å². The summed E-state index contributed by atoms with van der Waals surface area (Å²) in [6.45, 7) is 3.66. The first kappa shape index (κ1) is 16.3. The van der Waals surface area contributed by atoms with Gasteiger partial charge in [-0.05, 0) is 41.0 Å². The van der Waals surface area contributed by atoms with E-state index in [1.807, 2.05) is 12.1 Å². The molecule has 0 aromatic heterocycles. The summed E-state index contributed by atoms with van der Waals surface area (Å²) in [6.07, 6.45) is 1.07. The third-order valence-corrected chi connectivity index (χ3v) is 3.62. The fraction of sp³-hybridized carbons (Fsp3) is 0.571. The summed E-state index contributed by atoms with van der Waals surface area (Å²) in [6, 6.07) is 4.04. The number of benzene rings is 1. The molecule has 0 radical (unpaired) electrons. The predicted molar refractivity (Wildman–Crippen MR) is 80.2 cm³/mol. The minimum absolute atomic E-state index is 0.0992. The molecule has 0 amide bonds. The van der Waals surface area contributed by atoms with Gasteiger partial charge in [-0.1, -0.05) is 6.92 Å². The van der Waals surface area contributed by atoms with Gasteiger partial charge in [-0.2, -0.15) is 0 Å². The van der Waals surface area contributed by atoms with E-state index in [9.17, 15) is 0 Å². The molecule has 4 nitrogen and oxygen atoms in total. The summed E-state index contributed by atoms with van der Waals surface area (Å²) in [5.74, 6) is 1.54. The van der Waals surface area contributed by atoms with Crippen LogP contribution in [0, 0.1) is 0 Å². The van der Waals surface area contributed by atoms with Gasteiger partial charge in [0, 0.05) is 12.7 Å². The Labute approximate surface area is 123 Å². The van der Waals surface area contributed by atoms with Crippen molar-refractivity contribution < 1.29 is 14.2 Å². The highest BCUT2D eigenvalue weighted by atomic mass is 79.9. The van der Waals surface area contributed by atoms with Crippen molar-refractivity contribution in [1.82, 2.24) is 5.32 Å². The van der Waals surface area contributed by atoms with E-state index >= 15 is 0 Å². The van der Waals surface area contributed by atoms with Crippen LogP contribution in [-0.2, 0) is 4.74 Å². The molecule has 0 spiro atoms. The van der Waals surface area contributed by atoms with Gasteiger partial charge in [0.1, 0.15) is 16.0 Å². The zero-order valence-corrected chi connectivity index (χ0v) is 13.5. The number of halogens is 1. The van der Waals surface area contributed by atoms with Crippen molar-refractivity contribution >= 4 is 15.9 Å². The van der Waals surface area contributed by atoms with Gasteiger partial charge in [0.25, 0.3) is 0 Å². The summed E-state index contributed by atoms with van der Waals surface area (Å²) in [5, 5.41) is 3.46. The molecule has 0 saturated heterocycles. The second-order valence-corrected chi connectivity index (χ2v) is 4.96. The minimum atomic E-state index is 0.0992. The monoisotopic (exact) mass is 331 g/mol. The molecule has 1 atom stereocenters. The van der Waals surface area contributed by atoms with E-state index in [-0.39, 0.29) is 6.04 Å². The lowest BCUT2D eigenvalue weighted by Gasteiger charge is -2.22. The summed E-state index contributed by atoms with van der Waals surface area (Å²) < 4.78 is 16.9. The lowest BCUT2D eigenvalue weighted by Crippen LogP contribution is -2.26. The number of ether oxygens (including phenoxy) is 3. The van der Waals surface area contributed by atoms with Crippen molar-refractivity contribution in [2.75, 3.05) is 34.5 Å². The number of methoxy groups -OCH3 is 3. The second kappa shape index (κ2) is 8.40. The second-order valence-electron chi connectivity index (χ2n) is 4.17. The van der Waals surface area contributed by atoms with Crippen molar-refractivity contribution in [2.45, 2.75) is 19.4 Å². The van der Waals surface area contributed by atoms with Crippen LogP contribution in [-0.4, -0.2) is 34.5 Å². The number of nitrogens with one attached hydrogen (secondary N) is 1. The summed E-state index contributed by atoms with van der Waals surface area (Å²) in [5.41, 5.74) is 1.06. The maximum Gasteiger partial charge on any atom is 0.141 e. The third-order valence-electron chi connectivity index (χ3n) is 2.87. The summed E-state index contributed by atoms with van der Waals surface area (Å²) >= 11 is 3.52. The number of hydrogen-bond donors (Lipinski definition) is 1. The average Bonchev–Trinajstić information content (AvgIpc) is 2.43. The molecule has 5 heteroatoms. The smallest absolute Gasteiger partial charge is 0.141 e. The van der Waals surface area contributed by atoms with E-state index in [4.69, 9.17) is 14.2 Å². The molecule has 0 aliphatic carbocycles. The molecular weight excluding hydrogens is 310 g/mol. The molecule has 0 saturated carbocycles. The molecule has 108 valence electrons. The Bertz CT molecular complexity index is 399. The van der Waals surface area contributed by atoms with Gasteiger partial charge in [-0.25, -0.2) is 0 Å². The van der Waals surface area contributed by atoms with E-state index in [0.29, 0.717) is 6.61 Å². The Balaban J connectivity index is 3.10. The number of hydrogen-bond acceptors (Lipinski definition) is 4. The van der Waals surface area contributed by atoms with Crippen molar-refractivity contribution in [3.8, 4) is 11.5 Å². The van der Waals surface area contributed by atoms with E-state index in [0.717, 1.165) is 34.5 Å².